The number of hydrogen-bond acceptors (Lipinski definition) is 2. The first kappa shape index (κ1) is 4.26. The molecule has 11 heavy (non-hydrogen) atoms. The quantitative estimate of drug-likeness (QED) is 0.510. The summed E-state index contributed by atoms with van der Waals surface area (Å²) in [5, 5.41) is 0. The van der Waals surface area contributed by atoms with Crippen molar-refractivity contribution < 1.29 is 17.8 Å². The molecule has 0 radical (unpaired) electrons. The Hall–Kier alpha value is -0.0500. The zero-order valence-corrected chi connectivity index (χ0v) is 8.28. The minimum Gasteiger partial charge on any atom is -0.459 e. The predicted octanol–water partition coefficient (Wildman–Crippen LogP) is 2.50. The van der Waals surface area contributed by atoms with Crippen molar-refractivity contribution in [3.05, 3.63) is 0 Å². The van der Waals surface area contributed by atoms with Crippen LogP contribution in [0.2, 0.25) is 0 Å². The van der Waals surface area contributed by atoms with E-state index in [2.05, 4.69) is 15.9 Å². The summed E-state index contributed by atoms with van der Waals surface area (Å²) in [4.78, 5) is 11.8. The van der Waals surface area contributed by atoms with Crippen LogP contribution in [0.15, 0.2) is 0 Å². The van der Waals surface area contributed by atoms with Gasteiger partial charge in [-0.2, -0.15) is 0 Å². The first-order valence-corrected chi connectivity index (χ1v) is 3.84. The molecule has 0 N–H and O–H groups in total. The van der Waals surface area contributed by atoms with Crippen molar-refractivity contribution in [2.45, 2.75) is 44.4 Å². The normalized spacial score (nSPS) is 23.3. The van der Waals surface area contributed by atoms with Crippen LogP contribution in [0.5, 0.6) is 0 Å². The van der Waals surface area contributed by atoms with Crippen molar-refractivity contribution in [3.63, 3.8) is 0 Å². The zero-order valence-electron chi connectivity index (χ0n) is 12.7. The fourth-order valence-electron chi connectivity index (χ4n) is 0.348. The number of hydrogen-bond donors (Lipinski definition) is 0. The van der Waals surface area contributed by atoms with E-state index in [9.17, 15) is 4.79 Å². The summed E-state index contributed by atoms with van der Waals surface area (Å²) < 4.78 is 45.4. The van der Waals surface area contributed by atoms with Gasteiger partial charge in [-0.05, 0) is 34.5 Å². The van der Waals surface area contributed by atoms with Gasteiger partial charge in [-0.1, -0.05) is 15.9 Å². The summed E-state index contributed by atoms with van der Waals surface area (Å²) in [5.74, 6) is -1.31. The third-order valence-electron chi connectivity index (χ3n) is 0.680. The molecule has 0 aromatic rings. The third kappa shape index (κ3) is 5.24. The number of carbonyl (C=O) groups is 1. The van der Waals surface area contributed by atoms with E-state index < -0.39 is 29.6 Å². The standard InChI is InChI=1S/C8H15BrO2/c1-7(2,3)11-6(10)8(4,5)9/h1-5H3/i4D3,5D3. The molecule has 0 bridgehead atoms. The molecule has 2 nitrogen and oxygen atoms in total. The molecule has 0 aromatic heterocycles. The van der Waals surface area contributed by atoms with E-state index in [1.165, 1.54) is 20.8 Å². The number of alkyl halides is 1. The van der Waals surface area contributed by atoms with E-state index in [-0.39, 0.29) is 0 Å². The highest BCUT2D eigenvalue weighted by molar-refractivity contribution is 9.10. The Bertz CT molecular complexity index is 287. The highest BCUT2D eigenvalue weighted by Crippen LogP contribution is 2.21. The molecule has 0 atom stereocenters. The van der Waals surface area contributed by atoms with E-state index in [0.717, 1.165) is 0 Å². The minimum absolute atomic E-state index is 0.966. The number of esters is 1. The van der Waals surface area contributed by atoms with E-state index in [0.29, 0.717) is 0 Å². The Balaban J connectivity index is 5.46. The highest BCUT2D eigenvalue weighted by atomic mass is 79.9. The van der Waals surface area contributed by atoms with Gasteiger partial charge in [0.2, 0.25) is 0 Å². The molecule has 66 valence electrons. The van der Waals surface area contributed by atoms with Crippen LogP contribution in [0.3, 0.4) is 0 Å². The van der Waals surface area contributed by atoms with Gasteiger partial charge in [0.15, 0.2) is 0 Å². The maximum absolute atomic E-state index is 11.8. The lowest BCUT2D eigenvalue weighted by Crippen LogP contribution is -2.34. The summed E-state index contributed by atoms with van der Waals surface area (Å²) in [6.45, 7) is -1.51. The zero-order chi connectivity index (χ0) is 14.3. The molecule has 3 heteroatoms. The maximum Gasteiger partial charge on any atom is 0.322 e. The van der Waals surface area contributed by atoms with Gasteiger partial charge in [0.1, 0.15) is 9.93 Å². The molecule has 0 rings (SSSR count). The lowest BCUT2D eigenvalue weighted by molar-refractivity contribution is -0.156. The van der Waals surface area contributed by atoms with Crippen LogP contribution >= 0.6 is 15.9 Å². The van der Waals surface area contributed by atoms with E-state index in [1.807, 2.05) is 0 Å². The van der Waals surface area contributed by atoms with Crippen molar-refractivity contribution in [1.29, 1.82) is 0 Å². The van der Waals surface area contributed by atoms with Gasteiger partial charge in [0.05, 0.1) is 0 Å². The molecule has 0 saturated heterocycles. The molecular formula is C8H15BrO2. The Morgan fingerprint density at radius 2 is 1.91 bits per heavy atom. The van der Waals surface area contributed by atoms with Gasteiger partial charge in [-0.25, -0.2) is 0 Å². The predicted molar refractivity (Wildman–Crippen MR) is 48.9 cm³/mol. The van der Waals surface area contributed by atoms with Gasteiger partial charge in [-0.3, -0.25) is 4.79 Å². The lowest BCUT2D eigenvalue weighted by atomic mass is 10.1. The average molecular weight is 229 g/mol. The van der Waals surface area contributed by atoms with E-state index >= 15 is 0 Å². The summed E-state index contributed by atoms with van der Waals surface area (Å²) >= 11 is 2.54. The molecule has 0 aromatic carbocycles. The average Bonchev–Trinajstić information content (AvgIpc) is 1.94. The molecule has 0 unspecified atom stereocenters. The second-order valence-corrected chi connectivity index (χ2v) is 4.35. The lowest BCUT2D eigenvalue weighted by Gasteiger charge is -2.24. The largest absolute Gasteiger partial charge is 0.459 e. The molecule has 0 aliphatic heterocycles. The van der Waals surface area contributed by atoms with Crippen LogP contribution in [-0.2, 0) is 9.53 Å². The van der Waals surface area contributed by atoms with Gasteiger partial charge < -0.3 is 4.74 Å². The molecule has 0 aliphatic carbocycles. The van der Waals surface area contributed by atoms with Crippen LogP contribution in [0.25, 0.3) is 0 Å². The Labute approximate surface area is 84.9 Å². The summed E-state index contributed by atoms with van der Waals surface area (Å²) in [7, 11) is 0. The van der Waals surface area contributed by atoms with Crippen LogP contribution in [0, 0.1) is 0 Å². The second-order valence-electron chi connectivity index (χ2n) is 3.16. The summed E-state index contributed by atoms with van der Waals surface area (Å²) in [6.07, 6.45) is 0. The van der Waals surface area contributed by atoms with Gasteiger partial charge in [0, 0.05) is 8.22 Å². The number of rotatable bonds is 1. The van der Waals surface area contributed by atoms with Crippen molar-refractivity contribution in [2.75, 3.05) is 0 Å². The Morgan fingerprint density at radius 3 is 2.18 bits per heavy atom. The van der Waals surface area contributed by atoms with Gasteiger partial charge in [-0.15, -0.1) is 0 Å². The van der Waals surface area contributed by atoms with Crippen LogP contribution < -0.4 is 0 Å². The summed E-state index contributed by atoms with van der Waals surface area (Å²) in [6, 6.07) is 0. The van der Waals surface area contributed by atoms with E-state index in [4.69, 9.17) is 13.0 Å². The SMILES string of the molecule is [2H]C([2H])([2H])C(Br)(C(=O)OC(C)(C)C)C([2H])([2H])[2H]. The Kier molecular flexibility index (Phi) is 1.21. The second kappa shape index (κ2) is 3.13. The Morgan fingerprint density at radius 1 is 1.45 bits per heavy atom. The number of ether oxygens (including phenoxy) is 1. The maximum atomic E-state index is 11.8. The molecule has 0 heterocycles. The van der Waals surface area contributed by atoms with E-state index in [1.54, 1.807) is 0 Å². The summed E-state index contributed by atoms with van der Waals surface area (Å²) in [5.41, 5.74) is -0.966. The molecule has 0 saturated carbocycles. The topological polar surface area (TPSA) is 26.3 Å². The van der Waals surface area contributed by atoms with Gasteiger partial charge >= 0.3 is 5.97 Å². The van der Waals surface area contributed by atoms with Crippen molar-refractivity contribution in [3.8, 4) is 0 Å². The van der Waals surface area contributed by atoms with Crippen LogP contribution in [0.4, 0.5) is 0 Å². The fourth-order valence-corrected chi connectivity index (χ4v) is 0.429. The van der Waals surface area contributed by atoms with Crippen molar-refractivity contribution in [1.82, 2.24) is 0 Å². The first-order valence-electron chi connectivity index (χ1n) is 6.05. The molecule has 0 fully saturated rings. The van der Waals surface area contributed by atoms with Crippen LogP contribution in [0.1, 0.15) is 42.7 Å². The fraction of sp³-hybridized carbons (Fsp3) is 0.875. The van der Waals surface area contributed by atoms with Crippen molar-refractivity contribution >= 4 is 21.9 Å². The molecular weight excluding hydrogens is 208 g/mol. The van der Waals surface area contributed by atoms with Crippen LogP contribution in [-0.4, -0.2) is 15.9 Å². The monoisotopic (exact) mass is 228 g/mol. The number of carbonyl (C=O) groups excluding carboxylic acids is 1. The van der Waals surface area contributed by atoms with Crippen molar-refractivity contribution in [2.24, 2.45) is 0 Å². The van der Waals surface area contributed by atoms with Gasteiger partial charge in [0.25, 0.3) is 0 Å². The number of halogens is 1. The third-order valence-corrected chi connectivity index (χ3v) is 1.00. The molecule has 0 aliphatic rings. The highest BCUT2D eigenvalue weighted by Gasteiger charge is 2.29. The smallest absolute Gasteiger partial charge is 0.322 e. The first-order chi connectivity index (χ1) is 7.13. The molecule has 0 spiro atoms. The minimum atomic E-state index is -3.04. The molecule has 0 amide bonds.